The van der Waals surface area contributed by atoms with Gasteiger partial charge in [0.15, 0.2) is 0 Å². The third kappa shape index (κ3) is 4.92. The molecule has 1 aromatic heterocycles. The maximum Gasteiger partial charge on any atom is 0.273 e. The van der Waals surface area contributed by atoms with Crippen molar-refractivity contribution in [3.8, 4) is 0 Å². The summed E-state index contributed by atoms with van der Waals surface area (Å²) in [4.78, 5) is 0. The first kappa shape index (κ1) is 15.5. The van der Waals surface area contributed by atoms with Gasteiger partial charge in [-0.25, -0.2) is 13.1 Å². The van der Waals surface area contributed by atoms with Crippen LogP contribution >= 0.6 is 0 Å². The van der Waals surface area contributed by atoms with Gasteiger partial charge in [0, 0.05) is 12.6 Å². The van der Waals surface area contributed by atoms with Gasteiger partial charge in [-0.15, -0.1) is 0 Å². The van der Waals surface area contributed by atoms with Gasteiger partial charge in [-0.2, -0.15) is 0 Å². The molecule has 1 aromatic rings. The van der Waals surface area contributed by atoms with Crippen LogP contribution in [0.25, 0.3) is 0 Å². The lowest BCUT2D eigenvalue weighted by molar-refractivity contribution is 0.399. The molecule has 2 N–H and O–H groups in total. The largest absolute Gasteiger partial charge is 0.447 e. The molecule has 0 saturated heterocycles. The summed E-state index contributed by atoms with van der Waals surface area (Å²) >= 11 is 0. The topological polar surface area (TPSA) is 71.3 Å². The molecular weight excluding hydrogens is 276 g/mol. The summed E-state index contributed by atoms with van der Waals surface area (Å²) in [5, 5.41) is 3.31. The van der Waals surface area contributed by atoms with Gasteiger partial charge in [0.1, 0.15) is 5.76 Å². The highest BCUT2D eigenvalue weighted by Gasteiger charge is 2.22. The fourth-order valence-electron chi connectivity index (χ4n) is 1.96. The second-order valence-corrected chi connectivity index (χ2v) is 7.03. The van der Waals surface area contributed by atoms with Gasteiger partial charge < -0.3 is 9.73 Å². The molecule has 6 heteroatoms. The first-order valence-corrected chi connectivity index (χ1v) is 8.92. The van der Waals surface area contributed by atoms with Crippen molar-refractivity contribution in [3.63, 3.8) is 0 Å². The molecular formula is C14H24N2O3S. The van der Waals surface area contributed by atoms with Crippen molar-refractivity contribution in [2.24, 2.45) is 0 Å². The maximum atomic E-state index is 12.0. The minimum atomic E-state index is -3.49. The highest BCUT2D eigenvalue weighted by atomic mass is 32.2. The van der Waals surface area contributed by atoms with Gasteiger partial charge in [-0.05, 0) is 31.4 Å². The summed E-state index contributed by atoms with van der Waals surface area (Å²) in [6, 6.07) is 3.83. The van der Waals surface area contributed by atoms with E-state index in [0.29, 0.717) is 24.9 Å². The Morgan fingerprint density at radius 1 is 1.25 bits per heavy atom. The smallest absolute Gasteiger partial charge is 0.273 e. The van der Waals surface area contributed by atoms with Crippen molar-refractivity contribution < 1.29 is 12.8 Å². The quantitative estimate of drug-likeness (QED) is 0.651. The Labute approximate surface area is 121 Å². The summed E-state index contributed by atoms with van der Waals surface area (Å²) in [5.74, 6) is 0.670. The van der Waals surface area contributed by atoms with E-state index in [9.17, 15) is 8.42 Å². The third-order valence-corrected chi connectivity index (χ3v) is 4.70. The van der Waals surface area contributed by atoms with Crippen molar-refractivity contribution >= 4 is 10.0 Å². The van der Waals surface area contributed by atoms with Gasteiger partial charge in [-0.3, -0.25) is 0 Å². The molecule has 5 nitrogen and oxygen atoms in total. The van der Waals surface area contributed by atoms with E-state index in [0.717, 1.165) is 25.7 Å². The fourth-order valence-corrected chi connectivity index (χ4v) is 2.98. The van der Waals surface area contributed by atoms with Gasteiger partial charge in [0.25, 0.3) is 10.0 Å². The van der Waals surface area contributed by atoms with Crippen molar-refractivity contribution in [3.05, 3.63) is 17.9 Å². The van der Waals surface area contributed by atoms with E-state index >= 15 is 0 Å². The van der Waals surface area contributed by atoms with Crippen LogP contribution in [0.15, 0.2) is 21.6 Å². The van der Waals surface area contributed by atoms with Crippen LogP contribution in [0.2, 0.25) is 0 Å². The molecule has 0 radical (unpaired) electrons. The zero-order valence-electron chi connectivity index (χ0n) is 12.0. The molecule has 20 heavy (non-hydrogen) atoms. The Morgan fingerprint density at radius 3 is 2.75 bits per heavy atom. The lowest BCUT2D eigenvalue weighted by Gasteiger charge is -2.04. The molecule has 0 bridgehead atoms. The van der Waals surface area contributed by atoms with Crippen LogP contribution in [0, 0.1) is 0 Å². The molecule has 1 aliphatic carbocycles. The molecule has 0 atom stereocenters. The second kappa shape index (κ2) is 7.24. The van der Waals surface area contributed by atoms with E-state index in [4.69, 9.17) is 4.42 Å². The summed E-state index contributed by atoms with van der Waals surface area (Å²) in [6.45, 7) is 3.19. The lowest BCUT2D eigenvalue weighted by atomic mass is 10.2. The van der Waals surface area contributed by atoms with Crippen molar-refractivity contribution in [1.29, 1.82) is 0 Å². The van der Waals surface area contributed by atoms with Gasteiger partial charge in [0.2, 0.25) is 5.09 Å². The molecule has 0 aromatic carbocycles. The average molecular weight is 300 g/mol. The molecule has 1 heterocycles. The number of rotatable bonds is 10. The molecule has 0 aliphatic heterocycles. The summed E-state index contributed by atoms with van der Waals surface area (Å²) in [6.07, 6.45) is 6.59. The predicted octanol–water partition coefficient (Wildman–Crippen LogP) is 2.39. The first-order chi connectivity index (χ1) is 9.62. The van der Waals surface area contributed by atoms with Crippen LogP contribution in [0.5, 0.6) is 0 Å². The van der Waals surface area contributed by atoms with Crippen molar-refractivity contribution in [1.82, 2.24) is 10.0 Å². The van der Waals surface area contributed by atoms with Crippen molar-refractivity contribution in [2.45, 2.75) is 63.1 Å². The van der Waals surface area contributed by atoms with Crippen LogP contribution < -0.4 is 10.0 Å². The van der Waals surface area contributed by atoms with E-state index in [1.165, 1.54) is 18.9 Å². The number of hydrogen-bond acceptors (Lipinski definition) is 4. The Morgan fingerprint density at radius 2 is 2.05 bits per heavy atom. The van der Waals surface area contributed by atoms with E-state index in [1.807, 2.05) is 0 Å². The van der Waals surface area contributed by atoms with Crippen LogP contribution in [-0.4, -0.2) is 21.0 Å². The predicted molar refractivity (Wildman–Crippen MR) is 77.9 cm³/mol. The van der Waals surface area contributed by atoms with Crippen LogP contribution in [0.3, 0.4) is 0 Å². The summed E-state index contributed by atoms with van der Waals surface area (Å²) < 4.78 is 32.0. The van der Waals surface area contributed by atoms with E-state index < -0.39 is 10.0 Å². The molecule has 114 valence electrons. The Balaban J connectivity index is 1.78. The first-order valence-electron chi connectivity index (χ1n) is 7.43. The number of sulfonamides is 1. The minimum Gasteiger partial charge on any atom is -0.447 e. The summed E-state index contributed by atoms with van der Waals surface area (Å²) in [7, 11) is -3.49. The Kier molecular flexibility index (Phi) is 5.63. The number of nitrogens with one attached hydrogen (secondary N) is 2. The average Bonchev–Trinajstić information content (AvgIpc) is 3.12. The monoisotopic (exact) mass is 300 g/mol. The van der Waals surface area contributed by atoms with E-state index in [1.54, 1.807) is 6.07 Å². The SMILES string of the molecule is CCCCCCNS(=O)(=O)c1ccc(CNC2CC2)o1. The van der Waals surface area contributed by atoms with Gasteiger partial charge >= 0.3 is 0 Å². The Hall–Kier alpha value is -0.850. The standard InChI is InChI=1S/C14H24N2O3S/c1-2-3-4-5-10-16-20(17,18)14-9-8-13(19-14)11-15-12-6-7-12/h8-9,12,15-16H,2-7,10-11H2,1H3. The molecule has 1 aliphatic rings. The van der Waals surface area contributed by atoms with Gasteiger partial charge in [-0.1, -0.05) is 26.2 Å². The maximum absolute atomic E-state index is 12.0. The zero-order valence-corrected chi connectivity index (χ0v) is 12.8. The number of hydrogen-bond donors (Lipinski definition) is 2. The van der Waals surface area contributed by atoms with Crippen LogP contribution in [-0.2, 0) is 16.6 Å². The van der Waals surface area contributed by atoms with Crippen molar-refractivity contribution in [2.75, 3.05) is 6.54 Å². The third-order valence-electron chi connectivity index (χ3n) is 3.37. The number of furan rings is 1. The number of unbranched alkanes of at least 4 members (excludes halogenated alkanes) is 3. The molecule has 0 unspecified atom stereocenters. The molecule has 0 spiro atoms. The van der Waals surface area contributed by atoms with Crippen LogP contribution in [0.1, 0.15) is 51.2 Å². The second-order valence-electron chi connectivity index (χ2n) is 5.33. The highest BCUT2D eigenvalue weighted by molar-refractivity contribution is 7.89. The lowest BCUT2D eigenvalue weighted by Crippen LogP contribution is -2.24. The van der Waals surface area contributed by atoms with Gasteiger partial charge in [0.05, 0.1) is 6.54 Å². The molecule has 0 amide bonds. The highest BCUT2D eigenvalue weighted by Crippen LogP contribution is 2.20. The van der Waals surface area contributed by atoms with E-state index in [-0.39, 0.29) is 5.09 Å². The fraction of sp³-hybridized carbons (Fsp3) is 0.714. The molecule has 1 saturated carbocycles. The summed E-state index contributed by atoms with van der Waals surface area (Å²) in [5.41, 5.74) is 0. The molecule has 1 fully saturated rings. The normalized spacial score (nSPS) is 15.7. The van der Waals surface area contributed by atoms with E-state index in [2.05, 4.69) is 17.0 Å². The zero-order chi connectivity index (χ0) is 14.4. The Bertz CT molecular complexity index is 506. The van der Waals surface area contributed by atoms with Crippen LogP contribution in [0.4, 0.5) is 0 Å². The minimum absolute atomic E-state index is 0.0144. The molecule has 2 rings (SSSR count).